The molecule has 0 aliphatic heterocycles. The van der Waals surface area contributed by atoms with Crippen LogP contribution in [-0.4, -0.2) is 10.3 Å². The molecule has 0 fully saturated rings. The van der Waals surface area contributed by atoms with Crippen LogP contribution in [0.15, 0.2) is 18.3 Å². The third kappa shape index (κ3) is 2.38. The van der Waals surface area contributed by atoms with E-state index in [0.717, 1.165) is 0 Å². The largest absolute Gasteiger partial charge is 0.246 e. The number of hydrogen-bond acceptors (Lipinski definition) is 2. The van der Waals surface area contributed by atoms with Crippen LogP contribution in [0.1, 0.15) is 11.3 Å². The molecule has 0 saturated heterocycles. The van der Waals surface area contributed by atoms with Crippen LogP contribution in [0.5, 0.6) is 0 Å². The van der Waals surface area contributed by atoms with Crippen LogP contribution in [0.25, 0.3) is 0 Å². The second-order valence-electron chi connectivity index (χ2n) is 1.98. The molecule has 1 heterocycles. The van der Waals surface area contributed by atoms with Gasteiger partial charge in [0, 0.05) is 6.20 Å². The molecule has 1 aromatic heterocycles. The highest BCUT2D eigenvalue weighted by atomic mass is 79.9. The van der Waals surface area contributed by atoms with Gasteiger partial charge < -0.3 is 0 Å². The van der Waals surface area contributed by atoms with E-state index in [2.05, 4.69) is 32.8 Å². The number of aromatic nitrogens is 1. The molecule has 12 heavy (non-hydrogen) atoms. The van der Waals surface area contributed by atoms with Crippen molar-refractivity contribution < 1.29 is 0 Å². The van der Waals surface area contributed by atoms with Crippen LogP contribution < -0.4 is 0 Å². The zero-order valence-electron chi connectivity index (χ0n) is 6.21. The van der Waals surface area contributed by atoms with Crippen molar-refractivity contribution in [1.82, 2.24) is 4.98 Å². The topological polar surface area (TPSA) is 36.7 Å². The Morgan fingerprint density at radius 1 is 1.50 bits per heavy atom. The molecular formula is C9H5BrN2. The predicted octanol–water partition coefficient (Wildman–Crippen LogP) is 1.70. The van der Waals surface area contributed by atoms with Gasteiger partial charge in [-0.2, -0.15) is 5.26 Å². The van der Waals surface area contributed by atoms with E-state index in [4.69, 9.17) is 5.26 Å². The predicted molar refractivity (Wildman–Crippen MR) is 49.6 cm³/mol. The average molecular weight is 221 g/mol. The minimum atomic E-state index is 0.555. The number of rotatable bonds is 0. The van der Waals surface area contributed by atoms with Gasteiger partial charge in [0.1, 0.15) is 11.8 Å². The van der Waals surface area contributed by atoms with Gasteiger partial charge in [-0.15, -0.1) is 0 Å². The molecule has 0 unspecified atom stereocenters. The van der Waals surface area contributed by atoms with Crippen LogP contribution in [-0.2, 0) is 0 Å². The SMILES string of the molecule is N#Cc1ccc(C#CCBr)nc1. The molecule has 0 radical (unpaired) electrons. The van der Waals surface area contributed by atoms with Crippen molar-refractivity contribution in [2.45, 2.75) is 0 Å². The lowest BCUT2D eigenvalue weighted by molar-refractivity contribution is 1.27. The highest BCUT2D eigenvalue weighted by Crippen LogP contribution is 1.96. The zero-order valence-corrected chi connectivity index (χ0v) is 7.80. The fourth-order valence-corrected chi connectivity index (χ4v) is 0.798. The summed E-state index contributed by atoms with van der Waals surface area (Å²) < 4.78 is 0. The van der Waals surface area contributed by atoms with Crippen molar-refractivity contribution >= 4 is 15.9 Å². The molecule has 0 aromatic carbocycles. The van der Waals surface area contributed by atoms with Crippen molar-refractivity contribution in [3.8, 4) is 17.9 Å². The second-order valence-corrected chi connectivity index (χ2v) is 2.54. The molecule has 0 spiro atoms. The Labute approximate surface area is 79.4 Å². The van der Waals surface area contributed by atoms with Gasteiger partial charge in [-0.1, -0.05) is 21.9 Å². The first-order chi connectivity index (χ1) is 5.86. The van der Waals surface area contributed by atoms with E-state index >= 15 is 0 Å². The van der Waals surface area contributed by atoms with Gasteiger partial charge in [0.05, 0.1) is 10.9 Å². The highest BCUT2D eigenvalue weighted by molar-refractivity contribution is 9.09. The summed E-state index contributed by atoms with van der Waals surface area (Å²) in [4.78, 5) is 3.97. The van der Waals surface area contributed by atoms with Gasteiger partial charge >= 0.3 is 0 Å². The van der Waals surface area contributed by atoms with E-state index in [1.165, 1.54) is 6.20 Å². The number of nitrogens with zero attached hydrogens (tertiary/aromatic N) is 2. The molecule has 0 saturated carbocycles. The standard InChI is InChI=1S/C9H5BrN2/c10-5-1-2-9-4-3-8(6-11)7-12-9/h3-4,7H,5H2. The van der Waals surface area contributed by atoms with Gasteiger partial charge in [0.2, 0.25) is 0 Å². The second kappa shape index (κ2) is 4.54. The molecule has 0 aliphatic rings. The van der Waals surface area contributed by atoms with Gasteiger partial charge in [-0.05, 0) is 18.1 Å². The molecule has 2 nitrogen and oxygen atoms in total. The van der Waals surface area contributed by atoms with Crippen molar-refractivity contribution in [3.05, 3.63) is 29.6 Å². The lowest BCUT2D eigenvalue weighted by atomic mass is 10.3. The van der Waals surface area contributed by atoms with Crippen LogP contribution in [0.4, 0.5) is 0 Å². The minimum absolute atomic E-state index is 0.555. The lowest BCUT2D eigenvalue weighted by Gasteiger charge is -1.87. The molecule has 3 heteroatoms. The van der Waals surface area contributed by atoms with Gasteiger partial charge in [-0.25, -0.2) is 4.98 Å². The number of halogens is 1. The molecule has 0 atom stereocenters. The van der Waals surface area contributed by atoms with E-state index in [1.54, 1.807) is 12.1 Å². The molecule has 0 bridgehead atoms. The number of pyridine rings is 1. The lowest BCUT2D eigenvalue weighted by Crippen LogP contribution is -1.82. The fraction of sp³-hybridized carbons (Fsp3) is 0.111. The molecule has 1 rings (SSSR count). The molecule has 0 aliphatic carbocycles. The maximum Gasteiger partial charge on any atom is 0.113 e. The van der Waals surface area contributed by atoms with Crippen LogP contribution in [0.3, 0.4) is 0 Å². The van der Waals surface area contributed by atoms with E-state index in [-0.39, 0.29) is 0 Å². The smallest absolute Gasteiger partial charge is 0.113 e. The molecule has 0 N–H and O–H groups in total. The first-order valence-corrected chi connectivity index (χ1v) is 4.40. The number of nitriles is 1. The maximum absolute atomic E-state index is 8.47. The van der Waals surface area contributed by atoms with E-state index in [9.17, 15) is 0 Å². The van der Waals surface area contributed by atoms with Gasteiger partial charge in [0.15, 0.2) is 0 Å². The van der Waals surface area contributed by atoms with Gasteiger partial charge in [0.25, 0.3) is 0 Å². The normalized spacial score (nSPS) is 8.00. The molecule has 0 amide bonds. The Bertz CT molecular complexity index is 351. The molecule has 58 valence electrons. The fourth-order valence-electron chi connectivity index (χ4n) is 0.658. The Hall–Kier alpha value is -1.32. The Morgan fingerprint density at radius 3 is 2.83 bits per heavy atom. The zero-order chi connectivity index (χ0) is 8.81. The average Bonchev–Trinajstić information content (AvgIpc) is 2.15. The minimum Gasteiger partial charge on any atom is -0.246 e. The third-order valence-electron chi connectivity index (χ3n) is 1.18. The summed E-state index contributed by atoms with van der Waals surface area (Å²) in [6, 6.07) is 5.42. The Morgan fingerprint density at radius 2 is 2.33 bits per heavy atom. The van der Waals surface area contributed by atoms with E-state index in [0.29, 0.717) is 16.6 Å². The summed E-state index contributed by atoms with van der Waals surface area (Å²) in [7, 11) is 0. The quantitative estimate of drug-likeness (QED) is 0.493. The molecule has 1 aromatic rings. The van der Waals surface area contributed by atoms with E-state index in [1.807, 2.05) is 6.07 Å². The van der Waals surface area contributed by atoms with Crippen molar-refractivity contribution in [1.29, 1.82) is 5.26 Å². The highest BCUT2D eigenvalue weighted by Gasteiger charge is 1.89. The summed E-state index contributed by atoms with van der Waals surface area (Å²) in [6.07, 6.45) is 1.51. The molecular weight excluding hydrogens is 216 g/mol. The summed E-state index contributed by atoms with van der Waals surface area (Å²) in [6.45, 7) is 0. The summed E-state index contributed by atoms with van der Waals surface area (Å²) in [5.41, 5.74) is 1.24. The first-order valence-electron chi connectivity index (χ1n) is 3.28. The summed E-state index contributed by atoms with van der Waals surface area (Å²) in [5, 5.41) is 9.10. The van der Waals surface area contributed by atoms with E-state index < -0.39 is 0 Å². The van der Waals surface area contributed by atoms with Crippen molar-refractivity contribution in [2.24, 2.45) is 0 Å². The summed E-state index contributed by atoms with van der Waals surface area (Å²) >= 11 is 3.18. The number of hydrogen-bond donors (Lipinski definition) is 0. The van der Waals surface area contributed by atoms with Crippen LogP contribution >= 0.6 is 15.9 Å². The summed E-state index contributed by atoms with van der Waals surface area (Å²) in [5.74, 6) is 5.65. The van der Waals surface area contributed by atoms with Gasteiger partial charge in [-0.3, -0.25) is 0 Å². The monoisotopic (exact) mass is 220 g/mol. The Balaban J connectivity index is 2.87. The van der Waals surface area contributed by atoms with Crippen molar-refractivity contribution in [2.75, 3.05) is 5.33 Å². The number of alkyl halides is 1. The van der Waals surface area contributed by atoms with Crippen molar-refractivity contribution in [3.63, 3.8) is 0 Å². The first kappa shape index (κ1) is 8.77. The third-order valence-corrected chi connectivity index (χ3v) is 1.46. The van der Waals surface area contributed by atoms with Crippen LogP contribution in [0.2, 0.25) is 0 Å². The Kier molecular flexibility index (Phi) is 3.32. The van der Waals surface area contributed by atoms with Crippen LogP contribution in [0, 0.1) is 23.2 Å². The maximum atomic E-state index is 8.47.